The van der Waals surface area contributed by atoms with Gasteiger partial charge in [-0.3, -0.25) is 9.69 Å². The minimum atomic E-state index is -0.191. The highest BCUT2D eigenvalue weighted by Crippen LogP contribution is 2.34. The minimum absolute atomic E-state index is 0.154. The van der Waals surface area contributed by atoms with Gasteiger partial charge in [-0.05, 0) is 37.4 Å². The second kappa shape index (κ2) is 8.41. The zero-order valence-electron chi connectivity index (χ0n) is 15.5. The van der Waals surface area contributed by atoms with Gasteiger partial charge in [0.15, 0.2) is 0 Å². The molecule has 27 heavy (non-hydrogen) atoms. The van der Waals surface area contributed by atoms with E-state index in [1.165, 1.54) is 6.92 Å². The summed E-state index contributed by atoms with van der Waals surface area (Å²) in [5, 5.41) is 3.42. The summed E-state index contributed by atoms with van der Waals surface area (Å²) in [5.41, 5.74) is 1.81. The average molecular weight is 387 g/mol. The van der Waals surface area contributed by atoms with E-state index in [-0.39, 0.29) is 11.9 Å². The molecular weight excluding hydrogens is 364 g/mol. The van der Waals surface area contributed by atoms with E-state index in [9.17, 15) is 9.59 Å². The zero-order valence-corrected chi connectivity index (χ0v) is 16.2. The molecule has 3 rings (SSSR count). The number of rotatable bonds is 3. The lowest BCUT2D eigenvalue weighted by Crippen LogP contribution is -2.48. The molecule has 1 heterocycles. The van der Waals surface area contributed by atoms with E-state index in [2.05, 4.69) is 10.2 Å². The van der Waals surface area contributed by atoms with Gasteiger partial charge in [0.25, 0.3) is 0 Å². The van der Waals surface area contributed by atoms with Crippen LogP contribution in [0.4, 0.5) is 21.9 Å². The number of anilines is 3. The van der Waals surface area contributed by atoms with Crippen LogP contribution in [-0.4, -0.2) is 55.0 Å². The highest BCUT2D eigenvalue weighted by Gasteiger charge is 2.23. The quantitative estimate of drug-likeness (QED) is 0.872. The maximum atomic E-state index is 12.7. The molecule has 6 nitrogen and oxygen atoms in total. The SMILES string of the molecule is CC(=O)N(c1ccccc1)c1ccc(Cl)cc1NC(=O)N1CCN(C)CC1. The summed E-state index contributed by atoms with van der Waals surface area (Å²) < 4.78 is 0. The summed E-state index contributed by atoms with van der Waals surface area (Å²) in [6.07, 6.45) is 0. The van der Waals surface area contributed by atoms with Crippen LogP contribution in [0.2, 0.25) is 5.02 Å². The zero-order chi connectivity index (χ0) is 19.4. The lowest BCUT2D eigenvalue weighted by atomic mass is 10.2. The summed E-state index contributed by atoms with van der Waals surface area (Å²) in [5.74, 6) is -0.154. The van der Waals surface area contributed by atoms with Gasteiger partial charge < -0.3 is 15.1 Å². The third-order valence-corrected chi connectivity index (χ3v) is 4.80. The Kier molecular flexibility index (Phi) is 5.98. The number of halogens is 1. The van der Waals surface area contributed by atoms with Crippen LogP contribution in [-0.2, 0) is 4.79 Å². The number of carbonyl (C=O) groups excluding carboxylic acids is 2. The molecule has 1 aliphatic heterocycles. The van der Waals surface area contributed by atoms with E-state index in [4.69, 9.17) is 11.6 Å². The molecule has 0 bridgehead atoms. The molecule has 142 valence electrons. The fourth-order valence-corrected chi connectivity index (χ4v) is 3.25. The van der Waals surface area contributed by atoms with Crippen molar-refractivity contribution in [2.75, 3.05) is 43.4 Å². The molecule has 1 N–H and O–H groups in total. The molecule has 0 unspecified atom stereocenters. The van der Waals surface area contributed by atoms with Crippen LogP contribution in [0.3, 0.4) is 0 Å². The first kappa shape index (κ1) is 19.2. The van der Waals surface area contributed by atoms with Gasteiger partial charge in [-0.1, -0.05) is 29.8 Å². The Morgan fingerprint density at radius 1 is 1.04 bits per heavy atom. The number of amides is 3. The monoisotopic (exact) mass is 386 g/mol. The largest absolute Gasteiger partial charge is 0.322 e. The van der Waals surface area contributed by atoms with Gasteiger partial charge in [0.05, 0.1) is 11.4 Å². The first-order chi connectivity index (χ1) is 13.0. The van der Waals surface area contributed by atoms with Crippen molar-refractivity contribution in [2.45, 2.75) is 6.92 Å². The minimum Gasteiger partial charge on any atom is -0.322 e. The molecule has 2 aromatic rings. The highest BCUT2D eigenvalue weighted by atomic mass is 35.5. The van der Waals surface area contributed by atoms with Gasteiger partial charge in [-0.2, -0.15) is 0 Å². The van der Waals surface area contributed by atoms with E-state index in [1.807, 2.05) is 37.4 Å². The van der Waals surface area contributed by atoms with Gasteiger partial charge in [0, 0.05) is 43.8 Å². The van der Waals surface area contributed by atoms with Crippen LogP contribution in [0.1, 0.15) is 6.92 Å². The number of piperazine rings is 1. The lowest BCUT2D eigenvalue weighted by molar-refractivity contribution is -0.115. The number of carbonyl (C=O) groups is 2. The third-order valence-electron chi connectivity index (χ3n) is 4.56. The normalized spacial score (nSPS) is 14.7. The number of urea groups is 1. The maximum Gasteiger partial charge on any atom is 0.321 e. The molecule has 0 saturated carbocycles. The second-order valence-corrected chi connectivity index (χ2v) is 7.01. The standard InChI is InChI=1S/C20H23ClN4O2/c1-15(26)25(17-6-4-3-5-7-17)19-9-8-16(21)14-18(19)22-20(27)24-12-10-23(2)11-13-24/h3-9,14H,10-13H2,1-2H3,(H,22,27). The predicted molar refractivity (Wildman–Crippen MR) is 109 cm³/mol. The number of benzene rings is 2. The van der Waals surface area contributed by atoms with Crippen LogP contribution >= 0.6 is 11.6 Å². The van der Waals surface area contributed by atoms with Crippen molar-refractivity contribution < 1.29 is 9.59 Å². The van der Waals surface area contributed by atoms with Crippen LogP contribution < -0.4 is 10.2 Å². The van der Waals surface area contributed by atoms with Crippen molar-refractivity contribution in [3.63, 3.8) is 0 Å². The highest BCUT2D eigenvalue weighted by molar-refractivity contribution is 6.31. The number of nitrogens with one attached hydrogen (secondary N) is 1. The van der Waals surface area contributed by atoms with E-state index < -0.39 is 0 Å². The van der Waals surface area contributed by atoms with Crippen molar-refractivity contribution in [2.24, 2.45) is 0 Å². The Hall–Kier alpha value is -2.57. The van der Waals surface area contributed by atoms with Gasteiger partial charge in [-0.25, -0.2) is 4.79 Å². The maximum absolute atomic E-state index is 12.7. The predicted octanol–water partition coefficient (Wildman–Crippen LogP) is 3.80. The van der Waals surface area contributed by atoms with Crippen LogP contribution in [0.5, 0.6) is 0 Å². The molecule has 7 heteroatoms. The van der Waals surface area contributed by atoms with Crippen LogP contribution in [0.15, 0.2) is 48.5 Å². The summed E-state index contributed by atoms with van der Waals surface area (Å²) in [4.78, 5) is 30.6. The Bertz CT molecular complexity index is 820. The van der Waals surface area contributed by atoms with Crippen molar-refractivity contribution in [1.82, 2.24) is 9.80 Å². The molecule has 0 aromatic heterocycles. The van der Waals surface area contributed by atoms with Crippen molar-refractivity contribution in [3.05, 3.63) is 53.6 Å². The Balaban J connectivity index is 1.90. The summed E-state index contributed by atoms with van der Waals surface area (Å²) in [6, 6.07) is 14.3. The van der Waals surface area contributed by atoms with Crippen molar-refractivity contribution in [3.8, 4) is 0 Å². The van der Waals surface area contributed by atoms with Gasteiger partial charge >= 0.3 is 6.03 Å². The van der Waals surface area contributed by atoms with Crippen molar-refractivity contribution >= 4 is 40.6 Å². The second-order valence-electron chi connectivity index (χ2n) is 6.57. The Morgan fingerprint density at radius 2 is 1.70 bits per heavy atom. The van der Waals surface area contributed by atoms with Gasteiger partial charge in [-0.15, -0.1) is 0 Å². The van der Waals surface area contributed by atoms with E-state index >= 15 is 0 Å². The molecule has 0 atom stereocenters. The van der Waals surface area contributed by atoms with Gasteiger partial charge in [0.1, 0.15) is 0 Å². The van der Waals surface area contributed by atoms with E-state index in [0.717, 1.165) is 18.8 Å². The van der Waals surface area contributed by atoms with E-state index in [0.29, 0.717) is 29.5 Å². The fourth-order valence-electron chi connectivity index (χ4n) is 3.07. The summed E-state index contributed by atoms with van der Waals surface area (Å²) in [7, 11) is 2.04. The average Bonchev–Trinajstić information content (AvgIpc) is 2.65. The number of nitrogens with zero attached hydrogens (tertiary/aromatic N) is 3. The van der Waals surface area contributed by atoms with E-state index in [1.54, 1.807) is 28.0 Å². The fraction of sp³-hybridized carbons (Fsp3) is 0.300. The number of hydrogen-bond donors (Lipinski definition) is 1. The number of likely N-dealkylation sites (N-methyl/N-ethyl adjacent to an activating group) is 1. The molecule has 0 aliphatic carbocycles. The topological polar surface area (TPSA) is 55.9 Å². The first-order valence-electron chi connectivity index (χ1n) is 8.85. The molecule has 2 aromatic carbocycles. The molecule has 1 fully saturated rings. The Morgan fingerprint density at radius 3 is 2.33 bits per heavy atom. The lowest BCUT2D eigenvalue weighted by Gasteiger charge is -2.33. The molecule has 1 saturated heterocycles. The molecule has 1 aliphatic rings. The van der Waals surface area contributed by atoms with Crippen molar-refractivity contribution in [1.29, 1.82) is 0 Å². The molecule has 0 radical (unpaired) electrons. The van der Waals surface area contributed by atoms with Crippen LogP contribution in [0, 0.1) is 0 Å². The molecule has 3 amide bonds. The summed E-state index contributed by atoms with van der Waals surface area (Å²) >= 11 is 6.16. The number of hydrogen-bond acceptors (Lipinski definition) is 3. The van der Waals surface area contributed by atoms with Gasteiger partial charge in [0.2, 0.25) is 5.91 Å². The molecule has 0 spiro atoms. The first-order valence-corrected chi connectivity index (χ1v) is 9.23. The number of para-hydroxylation sites is 1. The van der Waals surface area contributed by atoms with Crippen LogP contribution in [0.25, 0.3) is 0 Å². The Labute approximate surface area is 164 Å². The molecular formula is C20H23ClN4O2. The summed E-state index contributed by atoms with van der Waals surface area (Å²) in [6.45, 7) is 4.48. The smallest absolute Gasteiger partial charge is 0.321 e. The third kappa shape index (κ3) is 4.59.